The quantitative estimate of drug-likeness (QED) is 0.0267. The molecule has 9 heteroatoms. The van der Waals surface area contributed by atoms with Crippen molar-refractivity contribution in [2.45, 2.75) is 295 Å². The number of esters is 1. The van der Waals surface area contributed by atoms with Gasteiger partial charge in [0, 0.05) is 13.0 Å². The van der Waals surface area contributed by atoms with Crippen LogP contribution in [0.4, 0.5) is 0 Å². The Balaban J connectivity index is 2.17. The molecule has 0 aliphatic carbocycles. The summed E-state index contributed by atoms with van der Waals surface area (Å²) in [4.78, 5) is 12.9. The Morgan fingerprint density at radius 3 is 1.34 bits per heavy atom. The lowest BCUT2D eigenvalue weighted by Crippen LogP contribution is -2.59. The van der Waals surface area contributed by atoms with Crippen molar-refractivity contribution < 1.29 is 44.2 Å². The van der Waals surface area contributed by atoms with Crippen LogP contribution in [0.15, 0.2) is 24.3 Å². The molecule has 378 valence electrons. The number of aliphatic hydroxyl groups is 4. The number of carbonyl (C=O) groups excluding carboxylic acids is 1. The molecule has 1 aliphatic rings. The first-order valence-electron chi connectivity index (χ1n) is 27.4. The second-order valence-corrected chi connectivity index (χ2v) is 19.0. The number of unbranched alkanes of at least 4 members (excludes halogenated alkanes) is 33. The minimum atomic E-state index is -1.54. The fraction of sp³-hybridized carbons (Fsp3) is 0.909. The normalized spacial score (nSPS) is 19.6. The summed E-state index contributed by atoms with van der Waals surface area (Å²) in [5, 5.41) is 40.3. The van der Waals surface area contributed by atoms with Gasteiger partial charge in [0.05, 0.1) is 19.8 Å². The summed E-state index contributed by atoms with van der Waals surface area (Å²) in [5.74, 6) is -0.312. The number of hydrogen-bond donors (Lipinski definition) is 4. The van der Waals surface area contributed by atoms with Gasteiger partial charge in [0.1, 0.15) is 30.5 Å². The Hall–Kier alpha value is -1.33. The van der Waals surface area contributed by atoms with Gasteiger partial charge >= 0.3 is 5.97 Å². The van der Waals surface area contributed by atoms with E-state index in [9.17, 15) is 25.2 Å². The van der Waals surface area contributed by atoms with Gasteiger partial charge in [0.2, 0.25) is 0 Å². The van der Waals surface area contributed by atoms with E-state index in [0.29, 0.717) is 13.0 Å². The van der Waals surface area contributed by atoms with Crippen LogP contribution in [-0.4, -0.2) is 89.6 Å². The second kappa shape index (κ2) is 46.8. The zero-order chi connectivity index (χ0) is 46.4. The third-order valence-electron chi connectivity index (χ3n) is 12.9. The molecule has 1 aliphatic heterocycles. The van der Waals surface area contributed by atoms with Crippen molar-refractivity contribution in [3.05, 3.63) is 24.3 Å². The molecule has 0 radical (unpaired) electrons. The van der Waals surface area contributed by atoms with Crippen molar-refractivity contribution in [3.8, 4) is 0 Å². The summed E-state index contributed by atoms with van der Waals surface area (Å²) >= 11 is 0. The van der Waals surface area contributed by atoms with Crippen LogP contribution in [0.2, 0.25) is 0 Å². The molecule has 1 heterocycles. The fourth-order valence-electron chi connectivity index (χ4n) is 8.58. The Morgan fingerprint density at radius 1 is 0.500 bits per heavy atom. The number of ether oxygens (including phenoxy) is 4. The Bertz CT molecular complexity index is 1040. The van der Waals surface area contributed by atoms with E-state index in [1.165, 1.54) is 199 Å². The van der Waals surface area contributed by atoms with Crippen LogP contribution in [0.25, 0.3) is 0 Å². The first-order chi connectivity index (χ1) is 31.4. The van der Waals surface area contributed by atoms with E-state index in [1.54, 1.807) is 0 Å². The first-order valence-corrected chi connectivity index (χ1v) is 27.4. The van der Waals surface area contributed by atoms with Crippen LogP contribution in [0.1, 0.15) is 258 Å². The number of hydrogen-bond acceptors (Lipinski definition) is 9. The van der Waals surface area contributed by atoms with Crippen molar-refractivity contribution in [3.63, 3.8) is 0 Å². The minimum Gasteiger partial charge on any atom is -0.457 e. The topological polar surface area (TPSA) is 135 Å². The molecule has 0 amide bonds. The average Bonchev–Trinajstić information content (AvgIpc) is 3.30. The zero-order valence-corrected chi connectivity index (χ0v) is 41.8. The van der Waals surface area contributed by atoms with Crippen molar-refractivity contribution in [1.29, 1.82) is 0 Å². The molecule has 0 aromatic heterocycles. The molecule has 64 heavy (non-hydrogen) atoms. The van der Waals surface area contributed by atoms with Crippen molar-refractivity contribution >= 4 is 5.97 Å². The SMILES string of the molecule is CCCCCCC/C=C\C/C=C\CCCCCCCCCCCC(=O)OC(COCCCCCCCCCCCCCCCCCCCCCC)COC1OC(CO)C(O)C(O)C1O. The molecule has 6 atom stereocenters. The van der Waals surface area contributed by atoms with Crippen LogP contribution in [0, 0.1) is 0 Å². The minimum absolute atomic E-state index is 0.110. The second-order valence-electron chi connectivity index (χ2n) is 19.0. The van der Waals surface area contributed by atoms with Gasteiger partial charge in [0.25, 0.3) is 0 Å². The smallest absolute Gasteiger partial charge is 0.306 e. The molecule has 0 aromatic rings. The molecule has 6 unspecified atom stereocenters. The molecule has 0 bridgehead atoms. The first kappa shape index (κ1) is 60.7. The van der Waals surface area contributed by atoms with Gasteiger partial charge in [-0.25, -0.2) is 0 Å². The molecule has 1 fully saturated rings. The van der Waals surface area contributed by atoms with Crippen molar-refractivity contribution in [1.82, 2.24) is 0 Å². The van der Waals surface area contributed by atoms with Gasteiger partial charge < -0.3 is 39.4 Å². The third kappa shape index (κ3) is 36.7. The molecule has 1 saturated heterocycles. The summed E-state index contributed by atoms with van der Waals surface area (Å²) in [6.45, 7) is 4.60. The molecule has 9 nitrogen and oxygen atoms in total. The van der Waals surface area contributed by atoms with Gasteiger partial charge in [-0.3, -0.25) is 4.79 Å². The fourth-order valence-corrected chi connectivity index (χ4v) is 8.58. The van der Waals surface area contributed by atoms with Crippen LogP contribution in [-0.2, 0) is 23.7 Å². The highest BCUT2D eigenvalue weighted by Crippen LogP contribution is 2.23. The lowest BCUT2D eigenvalue weighted by molar-refractivity contribution is -0.305. The highest BCUT2D eigenvalue weighted by molar-refractivity contribution is 5.69. The van der Waals surface area contributed by atoms with E-state index in [2.05, 4.69) is 38.2 Å². The summed E-state index contributed by atoms with van der Waals surface area (Å²) in [6.07, 6.45) is 49.3. The van der Waals surface area contributed by atoms with E-state index >= 15 is 0 Å². The van der Waals surface area contributed by atoms with Crippen LogP contribution < -0.4 is 0 Å². The van der Waals surface area contributed by atoms with Crippen molar-refractivity contribution in [2.24, 2.45) is 0 Å². The highest BCUT2D eigenvalue weighted by atomic mass is 16.7. The summed E-state index contributed by atoms with van der Waals surface area (Å²) in [5.41, 5.74) is 0. The lowest BCUT2D eigenvalue weighted by atomic mass is 9.99. The van der Waals surface area contributed by atoms with Gasteiger partial charge in [0.15, 0.2) is 6.29 Å². The molecular formula is C55H104O9. The maximum atomic E-state index is 12.9. The lowest BCUT2D eigenvalue weighted by Gasteiger charge is -2.39. The number of carbonyl (C=O) groups is 1. The molecule has 1 rings (SSSR count). The average molecular weight is 909 g/mol. The van der Waals surface area contributed by atoms with Crippen molar-refractivity contribution in [2.75, 3.05) is 26.4 Å². The summed E-state index contributed by atoms with van der Waals surface area (Å²) in [7, 11) is 0. The van der Waals surface area contributed by atoms with E-state index < -0.39 is 43.4 Å². The van der Waals surface area contributed by atoms with Crippen LogP contribution in [0.3, 0.4) is 0 Å². The van der Waals surface area contributed by atoms with E-state index in [0.717, 1.165) is 38.5 Å². The number of allylic oxidation sites excluding steroid dienone is 4. The maximum absolute atomic E-state index is 12.9. The van der Waals surface area contributed by atoms with Gasteiger partial charge in [-0.05, 0) is 44.9 Å². The molecular weight excluding hydrogens is 805 g/mol. The predicted octanol–water partition coefficient (Wildman–Crippen LogP) is 13.7. The standard InChI is InChI=1S/C55H104O9/c1-3-5-7-9-11-13-15-17-19-21-23-25-26-28-30-32-34-36-38-40-42-44-51(57)63-49(48-62-55-54(60)53(59)52(58)50(46-56)64-55)47-61-45-43-41-39-37-35-33-31-29-27-24-22-20-18-16-14-12-10-8-6-4-2/h15,17,21,23,49-50,52-56,58-60H,3-14,16,18-20,22,24-48H2,1-2H3/b17-15-,23-21-. The predicted molar refractivity (Wildman–Crippen MR) is 265 cm³/mol. The summed E-state index contributed by atoms with van der Waals surface area (Å²) < 4.78 is 22.9. The highest BCUT2D eigenvalue weighted by Gasteiger charge is 2.44. The third-order valence-corrected chi connectivity index (χ3v) is 12.9. The monoisotopic (exact) mass is 909 g/mol. The van der Waals surface area contributed by atoms with Gasteiger partial charge in [-0.2, -0.15) is 0 Å². The Morgan fingerprint density at radius 2 is 0.906 bits per heavy atom. The molecule has 4 N–H and O–H groups in total. The zero-order valence-electron chi connectivity index (χ0n) is 41.8. The molecule has 0 aromatic carbocycles. The van der Waals surface area contributed by atoms with E-state index in [1.807, 2.05) is 0 Å². The van der Waals surface area contributed by atoms with E-state index in [-0.39, 0.29) is 19.2 Å². The number of aliphatic hydroxyl groups excluding tert-OH is 4. The largest absolute Gasteiger partial charge is 0.457 e. The summed E-state index contributed by atoms with van der Waals surface area (Å²) in [6, 6.07) is 0. The molecule has 0 spiro atoms. The Kier molecular flexibility index (Phi) is 44.3. The number of rotatable bonds is 48. The van der Waals surface area contributed by atoms with Gasteiger partial charge in [-0.1, -0.05) is 231 Å². The van der Waals surface area contributed by atoms with Crippen LogP contribution in [0.5, 0.6) is 0 Å². The van der Waals surface area contributed by atoms with E-state index in [4.69, 9.17) is 18.9 Å². The van der Waals surface area contributed by atoms with Crippen LogP contribution >= 0.6 is 0 Å². The molecule has 0 saturated carbocycles. The Labute approximate surface area is 394 Å². The van der Waals surface area contributed by atoms with Gasteiger partial charge in [-0.15, -0.1) is 0 Å². The maximum Gasteiger partial charge on any atom is 0.306 e.